The Bertz CT molecular complexity index is 434. The maximum atomic E-state index is 12.6. The second-order valence-corrected chi connectivity index (χ2v) is 7.02. The maximum Gasteiger partial charge on any atom is 0.255 e. The topological polar surface area (TPSA) is 20.3 Å². The molecule has 0 bridgehead atoms. The van der Waals surface area contributed by atoms with Crippen molar-refractivity contribution in [2.45, 2.75) is 46.1 Å². The van der Waals surface area contributed by atoms with Gasteiger partial charge >= 0.3 is 0 Å². The smallest absolute Gasteiger partial charge is 0.255 e. The molecular weight excluding hydrogens is 417 g/mol. The average molecular weight is 438 g/mol. The van der Waals surface area contributed by atoms with Crippen LogP contribution >= 0.6 is 38.5 Å². The van der Waals surface area contributed by atoms with Gasteiger partial charge in [-0.25, -0.2) is 0 Å². The number of carbonyl (C=O) groups is 1. The summed E-state index contributed by atoms with van der Waals surface area (Å²) in [5.41, 5.74) is 0.761. The zero-order chi connectivity index (χ0) is 14.4. The average Bonchev–Trinajstić information content (AvgIpc) is 2.36. The van der Waals surface area contributed by atoms with Crippen molar-refractivity contribution in [1.29, 1.82) is 0 Å². The van der Waals surface area contributed by atoms with Gasteiger partial charge < -0.3 is 4.90 Å². The van der Waals surface area contributed by atoms with E-state index in [0.717, 1.165) is 26.6 Å². The minimum absolute atomic E-state index is 0.122. The van der Waals surface area contributed by atoms with Crippen molar-refractivity contribution < 1.29 is 4.79 Å². The van der Waals surface area contributed by atoms with E-state index < -0.39 is 0 Å². The highest BCUT2D eigenvalue weighted by molar-refractivity contribution is 14.1. The third-order valence-corrected chi connectivity index (χ3v) is 4.41. The molecular formula is C15H21BrINO. The van der Waals surface area contributed by atoms with Crippen molar-refractivity contribution in [3.05, 3.63) is 31.8 Å². The van der Waals surface area contributed by atoms with Gasteiger partial charge in [0.05, 0.1) is 5.56 Å². The molecule has 0 heterocycles. The van der Waals surface area contributed by atoms with Crippen molar-refractivity contribution >= 4 is 44.4 Å². The second kappa shape index (κ2) is 8.25. The molecule has 0 aromatic heterocycles. The summed E-state index contributed by atoms with van der Waals surface area (Å²) in [6.45, 7) is 7.16. The Hall–Kier alpha value is -0.100. The second-order valence-electron chi connectivity index (χ2n) is 4.92. The van der Waals surface area contributed by atoms with Gasteiger partial charge in [-0.2, -0.15) is 0 Å². The number of hydrogen-bond acceptors (Lipinski definition) is 1. The molecule has 0 aliphatic rings. The predicted octanol–water partition coefficient (Wildman–Crippen LogP) is 5.09. The summed E-state index contributed by atoms with van der Waals surface area (Å²) in [4.78, 5) is 14.6. The first-order valence-electron chi connectivity index (χ1n) is 6.73. The summed E-state index contributed by atoms with van der Waals surface area (Å²) < 4.78 is 1.96. The highest BCUT2D eigenvalue weighted by atomic mass is 127. The first kappa shape index (κ1) is 17.0. The van der Waals surface area contributed by atoms with Gasteiger partial charge in [0.15, 0.2) is 0 Å². The lowest BCUT2D eigenvalue weighted by atomic mass is 10.1. The van der Waals surface area contributed by atoms with Crippen LogP contribution in [0.15, 0.2) is 22.7 Å². The van der Waals surface area contributed by atoms with E-state index in [1.165, 1.54) is 12.8 Å². The SMILES string of the molecule is CCCCCN(C(=O)c1cc(I)ccc1Br)C(C)C. The van der Waals surface area contributed by atoms with Crippen LogP contribution in [-0.4, -0.2) is 23.4 Å². The molecule has 0 spiro atoms. The predicted molar refractivity (Wildman–Crippen MR) is 92.6 cm³/mol. The summed E-state index contributed by atoms with van der Waals surface area (Å²) in [6.07, 6.45) is 3.42. The first-order valence-corrected chi connectivity index (χ1v) is 8.60. The normalized spacial score (nSPS) is 10.8. The van der Waals surface area contributed by atoms with E-state index >= 15 is 0 Å². The molecule has 1 rings (SSSR count). The van der Waals surface area contributed by atoms with E-state index in [4.69, 9.17) is 0 Å². The Morgan fingerprint density at radius 3 is 2.63 bits per heavy atom. The van der Waals surface area contributed by atoms with Gasteiger partial charge in [0, 0.05) is 20.6 Å². The number of rotatable bonds is 6. The van der Waals surface area contributed by atoms with Crippen LogP contribution in [0.1, 0.15) is 50.4 Å². The van der Waals surface area contributed by atoms with Gasteiger partial charge in [-0.05, 0) is 77.0 Å². The number of hydrogen-bond donors (Lipinski definition) is 0. The summed E-state index contributed by atoms with van der Waals surface area (Å²) in [7, 11) is 0. The fourth-order valence-corrected chi connectivity index (χ4v) is 2.85. The van der Waals surface area contributed by atoms with Crippen LogP contribution in [0.25, 0.3) is 0 Å². The molecule has 4 heteroatoms. The fourth-order valence-electron chi connectivity index (χ4n) is 1.94. The molecule has 0 saturated heterocycles. The summed E-state index contributed by atoms with van der Waals surface area (Å²) in [6, 6.07) is 6.12. The van der Waals surface area contributed by atoms with Gasteiger partial charge in [0.2, 0.25) is 0 Å². The lowest BCUT2D eigenvalue weighted by molar-refractivity contribution is 0.0701. The zero-order valence-corrected chi connectivity index (χ0v) is 15.5. The minimum Gasteiger partial charge on any atom is -0.336 e. The van der Waals surface area contributed by atoms with Crippen LogP contribution in [-0.2, 0) is 0 Å². The van der Waals surface area contributed by atoms with E-state index in [1.54, 1.807) is 0 Å². The highest BCUT2D eigenvalue weighted by Gasteiger charge is 2.20. The van der Waals surface area contributed by atoms with Gasteiger partial charge in [-0.15, -0.1) is 0 Å². The van der Waals surface area contributed by atoms with Gasteiger partial charge in [-0.3, -0.25) is 4.79 Å². The zero-order valence-electron chi connectivity index (χ0n) is 11.7. The standard InChI is InChI=1S/C15H21BrINO/c1-4-5-6-9-18(11(2)3)15(19)13-10-12(17)7-8-14(13)16/h7-8,10-11H,4-6,9H2,1-3H3. The van der Waals surface area contributed by atoms with Crippen molar-refractivity contribution in [3.8, 4) is 0 Å². The largest absolute Gasteiger partial charge is 0.336 e. The van der Waals surface area contributed by atoms with Crippen LogP contribution in [0, 0.1) is 3.57 Å². The highest BCUT2D eigenvalue weighted by Crippen LogP contribution is 2.22. The molecule has 106 valence electrons. The fraction of sp³-hybridized carbons (Fsp3) is 0.533. The maximum absolute atomic E-state index is 12.6. The van der Waals surface area contributed by atoms with Crippen molar-refractivity contribution in [2.24, 2.45) is 0 Å². The monoisotopic (exact) mass is 437 g/mol. The molecule has 0 fully saturated rings. The van der Waals surface area contributed by atoms with E-state index in [2.05, 4.69) is 59.3 Å². The molecule has 0 atom stereocenters. The van der Waals surface area contributed by atoms with Crippen molar-refractivity contribution in [3.63, 3.8) is 0 Å². The molecule has 1 amide bonds. The number of halogens is 2. The Balaban J connectivity index is 2.89. The number of nitrogens with zero attached hydrogens (tertiary/aromatic N) is 1. The molecule has 0 saturated carbocycles. The lowest BCUT2D eigenvalue weighted by Crippen LogP contribution is -2.38. The molecule has 19 heavy (non-hydrogen) atoms. The Morgan fingerprint density at radius 2 is 2.05 bits per heavy atom. The Morgan fingerprint density at radius 1 is 1.37 bits per heavy atom. The van der Waals surface area contributed by atoms with Gasteiger partial charge in [0.25, 0.3) is 5.91 Å². The number of benzene rings is 1. The quantitative estimate of drug-likeness (QED) is 0.448. The van der Waals surface area contributed by atoms with E-state index in [9.17, 15) is 4.79 Å². The minimum atomic E-state index is 0.122. The molecule has 0 aliphatic carbocycles. The number of amides is 1. The summed E-state index contributed by atoms with van der Waals surface area (Å²) in [5.74, 6) is 0.122. The van der Waals surface area contributed by atoms with Crippen LogP contribution in [0.3, 0.4) is 0 Å². The summed E-state index contributed by atoms with van der Waals surface area (Å²) >= 11 is 5.72. The van der Waals surface area contributed by atoms with E-state index in [0.29, 0.717) is 0 Å². The van der Waals surface area contributed by atoms with Crippen molar-refractivity contribution in [1.82, 2.24) is 4.90 Å². The molecule has 0 aliphatic heterocycles. The van der Waals surface area contributed by atoms with Crippen molar-refractivity contribution in [2.75, 3.05) is 6.54 Å². The van der Waals surface area contributed by atoms with Crippen LogP contribution in [0.5, 0.6) is 0 Å². The van der Waals surface area contributed by atoms with Gasteiger partial charge in [-0.1, -0.05) is 19.8 Å². The molecule has 1 aromatic rings. The van der Waals surface area contributed by atoms with E-state index in [1.807, 2.05) is 23.1 Å². The first-order chi connectivity index (χ1) is 8.97. The number of unbranched alkanes of at least 4 members (excludes halogenated alkanes) is 2. The van der Waals surface area contributed by atoms with Crippen LogP contribution in [0.4, 0.5) is 0 Å². The van der Waals surface area contributed by atoms with E-state index in [-0.39, 0.29) is 11.9 Å². The van der Waals surface area contributed by atoms with Crippen LogP contribution < -0.4 is 0 Å². The number of carbonyl (C=O) groups excluding carboxylic acids is 1. The molecule has 1 aromatic carbocycles. The molecule has 2 nitrogen and oxygen atoms in total. The molecule has 0 unspecified atom stereocenters. The third-order valence-electron chi connectivity index (χ3n) is 3.05. The van der Waals surface area contributed by atoms with Crippen LogP contribution in [0.2, 0.25) is 0 Å². The third kappa shape index (κ3) is 5.06. The Labute approximate surface area is 138 Å². The lowest BCUT2D eigenvalue weighted by Gasteiger charge is -2.27. The summed E-state index contributed by atoms with van der Waals surface area (Å²) in [5, 5.41) is 0. The molecule has 0 N–H and O–H groups in total. The molecule has 0 radical (unpaired) electrons. The van der Waals surface area contributed by atoms with Gasteiger partial charge in [0.1, 0.15) is 0 Å². The Kier molecular flexibility index (Phi) is 7.36.